The van der Waals surface area contributed by atoms with Crippen molar-refractivity contribution >= 4 is 11.8 Å². The van der Waals surface area contributed by atoms with Crippen molar-refractivity contribution in [3.63, 3.8) is 0 Å². The molecule has 0 saturated heterocycles. The molecule has 0 spiro atoms. The molecule has 12 heavy (non-hydrogen) atoms. The molecule has 1 rings (SSSR count). The lowest BCUT2D eigenvalue weighted by molar-refractivity contribution is 0.677. The Labute approximate surface area is 78.6 Å². The number of rotatable bonds is 4. The number of hydrogen-bond acceptors (Lipinski definition) is 2. The molecule has 2 heteroatoms. The molecule has 0 aliphatic rings. The lowest BCUT2D eigenvalue weighted by Gasteiger charge is -2.08. The Kier molecular flexibility index (Phi) is 4.19. The highest BCUT2D eigenvalue weighted by atomic mass is 32.2. The van der Waals surface area contributed by atoms with Crippen LogP contribution >= 0.6 is 11.8 Å². The van der Waals surface area contributed by atoms with Crippen LogP contribution in [0.5, 0.6) is 0 Å². The maximum atomic E-state index is 3.21. The second-order valence-electron chi connectivity index (χ2n) is 2.81. The summed E-state index contributed by atoms with van der Waals surface area (Å²) in [7, 11) is 2.00. The van der Waals surface area contributed by atoms with Gasteiger partial charge in [-0.1, -0.05) is 18.2 Å². The van der Waals surface area contributed by atoms with E-state index >= 15 is 0 Å². The van der Waals surface area contributed by atoms with Gasteiger partial charge in [-0.2, -0.15) is 0 Å². The van der Waals surface area contributed by atoms with Crippen molar-refractivity contribution in [3.05, 3.63) is 30.3 Å². The molecule has 0 saturated carbocycles. The average molecular weight is 181 g/mol. The van der Waals surface area contributed by atoms with Crippen LogP contribution in [0.1, 0.15) is 6.92 Å². The molecule has 1 aromatic rings. The summed E-state index contributed by atoms with van der Waals surface area (Å²) in [6, 6.07) is 11.1. The lowest BCUT2D eigenvalue weighted by atomic mass is 10.4. The van der Waals surface area contributed by atoms with E-state index in [1.165, 1.54) is 4.90 Å². The van der Waals surface area contributed by atoms with Crippen molar-refractivity contribution in [2.45, 2.75) is 17.9 Å². The van der Waals surface area contributed by atoms with E-state index in [9.17, 15) is 0 Å². The fraction of sp³-hybridized carbons (Fsp3) is 0.400. The standard InChI is InChI=1S/C10H15NS/c1-9(11-2)8-12-10-6-4-3-5-7-10/h3-7,9,11H,8H2,1-2H3/t9-/m1/s1. The van der Waals surface area contributed by atoms with Crippen LogP contribution in [0, 0.1) is 0 Å². The summed E-state index contributed by atoms with van der Waals surface area (Å²) in [4.78, 5) is 1.35. The molecule has 66 valence electrons. The molecule has 0 aliphatic heterocycles. The van der Waals surface area contributed by atoms with Crippen LogP contribution in [0.4, 0.5) is 0 Å². The van der Waals surface area contributed by atoms with Crippen LogP contribution < -0.4 is 5.32 Å². The minimum atomic E-state index is 0.579. The number of nitrogens with one attached hydrogen (secondary N) is 1. The van der Waals surface area contributed by atoms with E-state index < -0.39 is 0 Å². The van der Waals surface area contributed by atoms with Gasteiger partial charge in [0.15, 0.2) is 0 Å². The average Bonchev–Trinajstić information content (AvgIpc) is 2.16. The molecule has 0 radical (unpaired) electrons. The van der Waals surface area contributed by atoms with Gasteiger partial charge in [0.05, 0.1) is 0 Å². The van der Waals surface area contributed by atoms with E-state index in [-0.39, 0.29) is 0 Å². The minimum absolute atomic E-state index is 0.579. The molecule has 1 atom stereocenters. The van der Waals surface area contributed by atoms with Gasteiger partial charge >= 0.3 is 0 Å². The van der Waals surface area contributed by atoms with E-state index in [0.717, 1.165) is 5.75 Å². The van der Waals surface area contributed by atoms with Crippen molar-refractivity contribution in [1.29, 1.82) is 0 Å². The van der Waals surface area contributed by atoms with Gasteiger partial charge in [-0.05, 0) is 26.1 Å². The Balaban J connectivity index is 2.33. The molecular weight excluding hydrogens is 166 g/mol. The Morgan fingerprint density at radius 3 is 2.58 bits per heavy atom. The van der Waals surface area contributed by atoms with Crippen LogP contribution in [-0.4, -0.2) is 18.8 Å². The minimum Gasteiger partial charge on any atom is -0.316 e. The van der Waals surface area contributed by atoms with Gasteiger partial charge in [-0.3, -0.25) is 0 Å². The highest BCUT2D eigenvalue weighted by Crippen LogP contribution is 2.17. The Hall–Kier alpha value is -0.470. The molecule has 0 amide bonds. The summed E-state index contributed by atoms with van der Waals surface area (Å²) in [6.07, 6.45) is 0. The second kappa shape index (κ2) is 5.22. The molecule has 0 unspecified atom stereocenters. The largest absolute Gasteiger partial charge is 0.316 e. The third-order valence-corrected chi connectivity index (χ3v) is 3.01. The predicted molar refractivity (Wildman–Crippen MR) is 55.7 cm³/mol. The number of benzene rings is 1. The summed E-state index contributed by atoms with van der Waals surface area (Å²) < 4.78 is 0. The summed E-state index contributed by atoms with van der Waals surface area (Å²) in [5, 5.41) is 3.21. The van der Waals surface area contributed by atoms with Gasteiger partial charge in [-0.25, -0.2) is 0 Å². The van der Waals surface area contributed by atoms with Crippen molar-refractivity contribution in [2.75, 3.05) is 12.8 Å². The molecule has 0 aromatic heterocycles. The van der Waals surface area contributed by atoms with Crippen molar-refractivity contribution in [2.24, 2.45) is 0 Å². The zero-order valence-corrected chi connectivity index (χ0v) is 8.40. The van der Waals surface area contributed by atoms with Crippen LogP contribution in [0.25, 0.3) is 0 Å². The van der Waals surface area contributed by atoms with Crippen LogP contribution in [0.15, 0.2) is 35.2 Å². The topological polar surface area (TPSA) is 12.0 Å². The Morgan fingerprint density at radius 2 is 2.00 bits per heavy atom. The Bertz CT molecular complexity index is 210. The third-order valence-electron chi connectivity index (χ3n) is 1.74. The summed E-state index contributed by atoms with van der Waals surface area (Å²) in [5.74, 6) is 1.13. The smallest absolute Gasteiger partial charge is 0.0132 e. The fourth-order valence-electron chi connectivity index (χ4n) is 0.821. The van der Waals surface area contributed by atoms with Crippen molar-refractivity contribution in [3.8, 4) is 0 Å². The first-order valence-corrected chi connectivity index (χ1v) is 5.16. The quantitative estimate of drug-likeness (QED) is 0.716. The summed E-state index contributed by atoms with van der Waals surface area (Å²) in [6.45, 7) is 2.19. The van der Waals surface area contributed by atoms with Crippen LogP contribution in [0.2, 0.25) is 0 Å². The SMILES string of the molecule is CN[C@H](C)CSc1ccccc1. The van der Waals surface area contributed by atoms with Crippen LogP contribution in [0.3, 0.4) is 0 Å². The number of thioether (sulfide) groups is 1. The van der Waals surface area contributed by atoms with Crippen molar-refractivity contribution < 1.29 is 0 Å². The summed E-state index contributed by atoms with van der Waals surface area (Å²) in [5.41, 5.74) is 0. The third kappa shape index (κ3) is 3.28. The molecule has 0 heterocycles. The molecule has 0 bridgehead atoms. The van der Waals surface area contributed by atoms with E-state index in [2.05, 4.69) is 36.5 Å². The molecule has 0 aliphatic carbocycles. The van der Waals surface area contributed by atoms with Gasteiger partial charge in [0, 0.05) is 16.7 Å². The molecule has 0 fully saturated rings. The van der Waals surface area contributed by atoms with E-state index in [1.54, 1.807) is 0 Å². The van der Waals surface area contributed by atoms with Gasteiger partial charge in [-0.15, -0.1) is 11.8 Å². The fourth-order valence-corrected chi connectivity index (χ4v) is 1.78. The second-order valence-corrected chi connectivity index (χ2v) is 3.91. The van der Waals surface area contributed by atoms with Gasteiger partial charge in [0.1, 0.15) is 0 Å². The predicted octanol–water partition coefficient (Wildman–Crippen LogP) is 2.39. The zero-order chi connectivity index (χ0) is 8.81. The van der Waals surface area contributed by atoms with Gasteiger partial charge < -0.3 is 5.32 Å². The first kappa shape index (κ1) is 9.62. The van der Waals surface area contributed by atoms with E-state index in [0.29, 0.717) is 6.04 Å². The van der Waals surface area contributed by atoms with Crippen molar-refractivity contribution in [1.82, 2.24) is 5.32 Å². The maximum Gasteiger partial charge on any atom is 0.0132 e. The van der Waals surface area contributed by atoms with Crippen LogP contribution in [-0.2, 0) is 0 Å². The first-order valence-electron chi connectivity index (χ1n) is 4.18. The lowest BCUT2D eigenvalue weighted by Crippen LogP contribution is -2.23. The molecule has 1 nitrogen and oxygen atoms in total. The highest BCUT2D eigenvalue weighted by Gasteiger charge is 1.98. The van der Waals surface area contributed by atoms with Gasteiger partial charge in [0.2, 0.25) is 0 Å². The Morgan fingerprint density at radius 1 is 1.33 bits per heavy atom. The number of hydrogen-bond donors (Lipinski definition) is 1. The first-order chi connectivity index (χ1) is 5.83. The molecular formula is C10H15NS. The molecule has 1 aromatic carbocycles. The molecule has 1 N–H and O–H groups in total. The zero-order valence-electron chi connectivity index (χ0n) is 7.58. The highest BCUT2D eigenvalue weighted by molar-refractivity contribution is 7.99. The normalized spacial score (nSPS) is 12.8. The van der Waals surface area contributed by atoms with E-state index in [4.69, 9.17) is 0 Å². The van der Waals surface area contributed by atoms with Gasteiger partial charge in [0.25, 0.3) is 0 Å². The summed E-state index contributed by atoms with van der Waals surface area (Å²) >= 11 is 1.89. The maximum absolute atomic E-state index is 3.21. The van der Waals surface area contributed by atoms with E-state index in [1.807, 2.05) is 24.9 Å². The monoisotopic (exact) mass is 181 g/mol.